The molecule has 3 aromatic rings. The molecule has 0 saturated carbocycles. The predicted octanol–water partition coefficient (Wildman–Crippen LogP) is 4.74. The third-order valence-corrected chi connectivity index (χ3v) is 4.33. The molecule has 0 aliphatic carbocycles. The molecular weight excluding hydrogens is 359 g/mol. The highest BCUT2D eigenvalue weighted by molar-refractivity contribution is 6.44. The van der Waals surface area contributed by atoms with Crippen LogP contribution >= 0.6 is 34.8 Å². The van der Waals surface area contributed by atoms with Crippen LogP contribution < -0.4 is 10.7 Å². The fourth-order valence-electron chi connectivity index (χ4n) is 2.14. The van der Waals surface area contributed by atoms with Crippen molar-refractivity contribution in [1.29, 1.82) is 0 Å². The Morgan fingerprint density at radius 1 is 1.00 bits per heavy atom. The quantitative estimate of drug-likeness (QED) is 0.643. The first-order valence-corrected chi connectivity index (χ1v) is 7.67. The number of halogens is 3. The molecule has 0 aliphatic heterocycles. The number of pyridine rings is 1. The number of benzene rings is 2. The second-order valence-corrected chi connectivity index (χ2v) is 6.00. The van der Waals surface area contributed by atoms with E-state index in [0.717, 1.165) is 0 Å². The Labute approximate surface area is 146 Å². The SMILES string of the molecule is O=C(Nc1cc(Cl)c(Cl)cc1Cl)c1c[nH]c2ccccc2c1=O. The summed E-state index contributed by atoms with van der Waals surface area (Å²) >= 11 is 17.8. The molecule has 23 heavy (non-hydrogen) atoms. The number of anilines is 1. The van der Waals surface area contributed by atoms with E-state index in [9.17, 15) is 9.59 Å². The summed E-state index contributed by atoms with van der Waals surface area (Å²) in [6.45, 7) is 0. The maximum atomic E-state index is 12.4. The van der Waals surface area contributed by atoms with Crippen LogP contribution in [0.1, 0.15) is 10.4 Å². The first kappa shape index (κ1) is 15.9. The highest BCUT2D eigenvalue weighted by atomic mass is 35.5. The second-order valence-electron chi connectivity index (χ2n) is 4.78. The number of aromatic amines is 1. The monoisotopic (exact) mass is 366 g/mol. The molecule has 0 unspecified atom stereocenters. The van der Waals surface area contributed by atoms with E-state index < -0.39 is 5.91 Å². The Morgan fingerprint density at radius 3 is 2.48 bits per heavy atom. The molecule has 1 heterocycles. The lowest BCUT2D eigenvalue weighted by atomic mass is 10.1. The predicted molar refractivity (Wildman–Crippen MR) is 94.0 cm³/mol. The number of amides is 1. The maximum Gasteiger partial charge on any atom is 0.261 e. The molecule has 0 aliphatic rings. The molecule has 3 rings (SSSR count). The summed E-state index contributed by atoms with van der Waals surface area (Å²) in [7, 11) is 0. The smallest absolute Gasteiger partial charge is 0.261 e. The first-order valence-electron chi connectivity index (χ1n) is 6.53. The van der Waals surface area contributed by atoms with Crippen LogP contribution in [-0.4, -0.2) is 10.9 Å². The van der Waals surface area contributed by atoms with Crippen molar-refractivity contribution < 1.29 is 4.79 Å². The number of aromatic nitrogens is 1. The van der Waals surface area contributed by atoms with E-state index in [0.29, 0.717) is 10.9 Å². The molecular formula is C16H9Cl3N2O2. The molecule has 0 fully saturated rings. The Kier molecular flexibility index (Phi) is 4.31. The summed E-state index contributed by atoms with van der Waals surface area (Å²) in [6, 6.07) is 9.79. The zero-order chi connectivity index (χ0) is 16.6. The lowest BCUT2D eigenvalue weighted by Gasteiger charge is -2.09. The van der Waals surface area contributed by atoms with Gasteiger partial charge in [-0.1, -0.05) is 46.9 Å². The number of rotatable bonds is 2. The third-order valence-electron chi connectivity index (χ3n) is 3.29. The Bertz CT molecular complexity index is 983. The van der Waals surface area contributed by atoms with Gasteiger partial charge in [0.1, 0.15) is 5.56 Å². The molecule has 7 heteroatoms. The number of H-pyrrole nitrogens is 1. The van der Waals surface area contributed by atoms with Crippen molar-refractivity contribution >= 4 is 57.3 Å². The lowest BCUT2D eigenvalue weighted by Crippen LogP contribution is -2.22. The Hall–Kier alpha value is -2.01. The van der Waals surface area contributed by atoms with Crippen LogP contribution in [0.25, 0.3) is 10.9 Å². The molecule has 2 aromatic carbocycles. The molecule has 116 valence electrons. The zero-order valence-corrected chi connectivity index (χ0v) is 13.8. The van der Waals surface area contributed by atoms with Gasteiger partial charge in [0.2, 0.25) is 5.43 Å². The van der Waals surface area contributed by atoms with Gasteiger partial charge in [0, 0.05) is 17.1 Å². The summed E-state index contributed by atoms with van der Waals surface area (Å²) < 4.78 is 0. The Balaban J connectivity index is 2.00. The average Bonchev–Trinajstić information content (AvgIpc) is 2.53. The van der Waals surface area contributed by atoms with E-state index in [2.05, 4.69) is 10.3 Å². The van der Waals surface area contributed by atoms with Crippen molar-refractivity contribution in [3.63, 3.8) is 0 Å². The van der Waals surface area contributed by atoms with Gasteiger partial charge in [0.05, 0.1) is 20.8 Å². The summed E-state index contributed by atoms with van der Waals surface area (Å²) in [4.78, 5) is 27.7. The van der Waals surface area contributed by atoms with Crippen LogP contribution in [0, 0.1) is 0 Å². The fourth-order valence-corrected chi connectivity index (χ4v) is 2.74. The van der Waals surface area contributed by atoms with E-state index >= 15 is 0 Å². The standard InChI is InChI=1S/C16H9Cl3N2O2/c17-10-5-12(19)14(6-11(10)18)21-16(23)9-7-20-13-4-2-1-3-8(13)15(9)22/h1-7H,(H,20,22)(H,21,23). The van der Waals surface area contributed by atoms with Crippen molar-refractivity contribution in [1.82, 2.24) is 4.98 Å². The highest BCUT2D eigenvalue weighted by Gasteiger charge is 2.15. The molecule has 2 N–H and O–H groups in total. The van der Waals surface area contributed by atoms with Crippen molar-refractivity contribution in [3.8, 4) is 0 Å². The first-order chi connectivity index (χ1) is 11.0. The maximum absolute atomic E-state index is 12.4. The average molecular weight is 368 g/mol. The molecule has 0 saturated heterocycles. The highest BCUT2D eigenvalue weighted by Crippen LogP contribution is 2.32. The number of carbonyl (C=O) groups excluding carboxylic acids is 1. The minimum atomic E-state index is -0.586. The minimum absolute atomic E-state index is 0.0224. The van der Waals surface area contributed by atoms with Gasteiger partial charge in [-0.05, 0) is 24.3 Å². The van der Waals surface area contributed by atoms with Crippen LogP contribution in [0.5, 0.6) is 0 Å². The van der Waals surface area contributed by atoms with E-state index in [1.165, 1.54) is 18.3 Å². The normalized spacial score (nSPS) is 10.7. The number of carbonyl (C=O) groups is 1. The van der Waals surface area contributed by atoms with Gasteiger partial charge in [-0.3, -0.25) is 9.59 Å². The zero-order valence-electron chi connectivity index (χ0n) is 11.5. The van der Waals surface area contributed by atoms with Gasteiger partial charge in [-0.2, -0.15) is 0 Å². The van der Waals surface area contributed by atoms with Crippen LogP contribution in [0.3, 0.4) is 0 Å². The molecule has 1 amide bonds. The van der Waals surface area contributed by atoms with Gasteiger partial charge < -0.3 is 10.3 Å². The third kappa shape index (κ3) is 3.06. The summed E-state index contributed by atoms with van der Waals surface area (Å²) in [5, 5.41) is 3.75. The Morgan fingerprint density at radius 2 is 1.70 bits per heavy atom. The molecule has 0 spiro atoms. The van der Waals surface area contributed by atoms with Crippen molar-refractivity contribution in [2.75, 3.05) is 5.32 Å². The lowest BCUT2D eigenvalue weighted by molar-refractivity contribution is 0.102. The van der Waals surface area contributed by atoms with Gasteiger partial charge in [-0.25, -0.2) is 0 Å². The molecule has 4 nitrogen and oxygen atoms in total. The second kappa shape index (κ2) is 6.24. The minimum Gasteiger partial charge on any atom is -0.360 e. The number of para-hydroxylation sites is 1. The van der Waals surface area contributed by atoms with Gasteiger partial charge in [-0.15, -0.1) is 0 Å². The van der Waals surface area contributed by atoms with Crippen molar-refractivity contribution in [2.24, 2.45) is 0 Å². The van der Waals surface area contributed by atoms with Crippen LogP contribution in [0.2, 0.25) is 15.1 Å². The number of hydrogen-bond acceptors (Lipinski definition) is 2. The van der Waals surface area contributed by atoms with Crippen LogP contribution in [0.15, 0.2) is 47.4 Å². The van der Waals surface area contributed by atoms with Gasteiger partial charge >= 0.3 is 0 Å². The molecule has 1 aromatic heterocycles. The largest absolute Gasteiger partial charge is 0.360 e. The molecule has 0 radical (unpaired) electrons. The van der Waals surface area contributed by atoms with Gasteiger partial charge in [0.15, 0.2) is 0 Å². The molecule has 0 bridgehead atoms. The summed E-state index contributed by atoms with van der Waals surface area (Å²) in [6.07, 6.45) is 1.37. The topological polar surface area (TPSA) is 62.0 Å². The number of hydrogen-bond donors (Lipinski definition) is 2. The van der Waals surface area contributed by atoms with E-state index in [1.54, 1.807) is 24.3 Å². The van der Waals surface area contributed by atoms with E-state index in [-0.39, 0.29) is 31.7 Å². The summed E-state index contributed by atoms with van der Waals surface area (Å²) in [5.74, 6) is -0.586. The van der Waals surface area contributed by atoms with Gasteiger partial charge in [0.25, 0.3) is 5.91 Å². The van der Waals surface area contributed by atoms with Crippen LogP contribution in [0.4, 0.5) is 5.69 Å². The fraction of sp³-hybridized carbons (Fsp3) is 0. The van der Waals surface area contributed by atoms with Crippen molar-refractivity contribution in [3.05, 3.63) is 73.4 Å². The van der Waals surface area contributed by atoms with E-state index in [1.807, 2.05) is 0 Å². The van der Waals surface area contributed by atoms with Crippen LogP contribution in [-0.2, 0) is 0 Å². The molecule has 0 atom stereocenters. The number of nitrogens with one attached hydrogen (secondary N) is 2. The summed E-state index contributed by atoms with van der Waals surface area (Å²) in [5.41, 5.74) is 0.541. The van der Waals surface area contributed by atoms with E-state index in [4.69, 9.17) is 34.8 Å². The number of fused-ring (bicyclic) bond motifs is 1. The van der Waals surface area contributed by atoms with Crippen molar-refractivity contribution in [2.45, 2.75) is 0 Å².